The Balaban J connectivity index is 1.72. The molecule has 1 aromatic heterocycles. The van der Waals surface area contributed by atoms with E-state index in [9.17, 15) is 4.79 Å². The van der Waals surface area contributed by atoms with E-state index in [-0.39, 0.29) is 18.0 Å². The number of cyclic esters (lactones) is 1. The first kappa shape index (κ1) is 24.8. The summed E-state index contributed by atoms with van der Waals surface area (Å²) in [4.78, 5) is 12.3. The van der Waals surface area contributed by atoms with Crippen LogP contribution in [0.3, 0.4) is 0 Å². The molecule has 32 heavy (non-hydrogen) atoms. The molecule has 1 fully saturated rings. The lowest BCUT2D eigenvalue weighted by Gasteiger charge is -2.33. The SMILES string of the molecule is CCC(Cc1ccc2c(c1)c(CCCOC)cn2C)CC(C)(N)C1CC(C(C)C)C(=O)O1. The van der Waals surface area contributed by atoms with Gasteiger partial charge in [-0.15, -0.1) is 0 Å². The van der Waals surface area contributed by atoms with Gasteiger partial charge in [-0.1, -0.05) is 33.3 Å². The number of methoxy groups -OCH3 is 1. The number of ether oxygens (including phenoxy) is 2. The zero-order chi connectivity index (χ0) is 23.5. The minimum Gasteiger partial charge on any atom is -0.460 e. The van der Waals surface area contributed by atoms with Crippen molar-refractivity contribution in [3.8, 4) is 0 Å². The van der Waals surface area contributed by atoms with Gasteiger partial charge in [-0.05, 0) is 74.1 Å². The van der Waals surface area contributed by atoms with Gasteiger partial charge in [-0.3, -0.25) is 4.79 Å². The third-order valence-electron chi connectivity index (χ3n) is 7.33. The number of carbonyl (C=O) groups excluding carboxylic acids is 1. The standard InChI is InChI=1S/C27H42N2O3/c1-7-19(16-27(4,28)25-15-22(18(2)3)26(30)32-25)13-20-10-11-24-23(14-20)21(17-29(24)5)9-8-12-31-6/h10-11,14,17-19,22,25H,7-9,12-13,15-16,28H2,1-6H3. The van der Waals surface area contributed by atoms with Crippen LogP contribution in [-0.4, -0.2) is 35.9 Å². The Labute approximate surface area is 193 Å². The van der Waals surface area contributed by atoms with Crippen molar-refractivity contribution in [2.75, 3.05) is 13.7 Å². The smallest absolute Gasteiger partial charge is 0.309 e. The van der Waals surface area contributed by atoms with Gasteiger partial charge in [0.15, 0.2) is 0 Å². The fourth-order valence-corrected chi connectivity index (χ4v) is 5.25. The molecule has 1 aliphatic rings. The first-order valence-corrected chi connectivity index (χ1v) is 12.2. The van der Waals surface area contributed by atoms with E-state index in [1.54, 1.807) is 7.11 Å². The first-order chi connectivity index (χ1) is 15.2. The molecule has 2 heterocycles. The van der Waals surface area contributed by atoms with Crippen molar-refractivity contribution >= 4 is 16.9 Å². The van der Waals surface area contributed by atoms with E-state index in [0.29, 0.717) is 11.8 Å². The summed E-state index contributed by atoms with van der Waals surface area (Å²) in [6.07, 6.45) is 7.73. The van der Waals surface area contributed by atoms with Crippen LogP contribution in [0, 0.1) is 17.8 Å². The van der Waals surface area contributed by atoms with Crippen LogP contribution in [0.15, 0.2) is 24.4 Å². The summed E-state index contributed by atoms with van der Waals surface area (Å²) < 4.78 is 13.2. The fraction of sp³-hybridized carbons (Fsp3) is 0.667. The average Bonchev–Trinajstić information content (AvgIpc) is 3.28. The molecule has 0 aliphatic carbocycles. The molecular formula is C27H42N2O3. The monoisotopic (exact) mass is 442 g/mol. The number of benzene rings is 1. The third-order valence-corrected chi connectivity index (χ3v) is 7.33. The molecule has 2 N–H and O–H groups in total. The minimum atomic E-state index is -0.512. The Morgan fingerprint density at radius 2 is 2.09 bits per heavy atom. The van der Waals surface area contributed by atoms with E-state index in [1.165, 1.54) is 22.0 Å². The molecule has 1 aliphatic heterocycles. The molecule has 2 aromatic rings. The maximum absolute atomic E-state index is 12.3. The first-order valence-electron chi connectivity index (χ1n) is 12.2. The van der Waals surface area contributed by atoms with E-state index in [4.69, 9.17) is 15.2 Å². The van der Waals surface area contributed by atoms with Crippen LogP contribution in [0.1, 0.15) is 64.5 Å². The largest absolute Gasteiger partial charge is 0.460 e. The van der Waals surface area contributed by atoms with Gasteiger partial charge in [0.1, 0.15) is 6.10 Å². The summed E-state index contributed by atoms with van der Waals surface area (Å²) in [5.41, 5.74) is 10.3. The van der Waals surface area contributed by atoms with Crippen LogP contribution < -0.4 is 5.73 Å². The van der Waals surface area contributed by atoms with Gasteiger partial charge in [-0.2, -0.15) is 0 Å². The van der Waals surface area contributed by atoms with E-state index in [2.05, 4.69) is 63.7 Å². The zero-order valence-electron chi connectivity index (χ0n) is 20.8. The van der Waals surface area contributed by atoms with Crippen molar-refractivity contribution in [1.82, 2.24) is 4.57 Å². The molecule has 4 atom stereocenters. The van der Waals surface area contributed by atoms with Crippen LogP contribution in [0.2, 0.25) is 0 Å². The maximum atomic E-state index is 12.3. The van der Waals surface area contributed by atoms with Gasteiger partial charge >= 0.3 is 5.97 Å². The van der Waals surface area contributed by atoms with Gasteiger partial charge in [0, 0.05) is 37.9 Å². The molecule has 1 aromatic carbocycles. The van der Waals surface area contributed by atoms with Gasteiger partial charge in [-0.25, -0.2) is 0 Å². The summed E-state index contributed by atoms with van der Waals surface area (Å²) in [5.74, 6) is 0.631. The summed E-state index contributed by atoms with van der Waals surface area (Å²) in [6, 6.07) is 6.85. The topological polar surface area (TPSA) is 66.5 Å². The number of nitrogens with two attached hydrogens (primary N) is 1. The molecule has 5 nitrogen and oxygen atoms in total. The fourth-order valence-electron chi connectivity index (χ4n) is 5.25. The van der Waals surface area contributed by atoms with E-state index < -0.39 is 5.54 Å². The summed E-state index contributed by atoms with van der Waals surface area (Å²) >= 11 is 0. The molecule has 0 saturated carbocycles. The predicted molar refractivity (Wildman–Crippen MR) is 131 cm³/mol. The predicted octanol–water partition coefficient (Wildman–Crippen LogP) is 5.02. The molecule has 0 spiro atoms. The zero-order valence-corrected chi connectivity index (χ0v) is 20.8. The lowest BCUT2D eigenvalue weighted by molar-refractivity contribution is -0.147. The second-order valence-electron chi connectivity index (χ2n) is 10.4. The number of aromatic nitrogens is 1. The van der Waals surface area contributed by atoms with Crippen molar-refractivity contribution in [2.45, 2.75) is 77.9 Å². The lowest BCUT2D eigenvalue weighted by atomic mass is 9.78. The van der Waals surface area contributed by atoms with Gasteiger partial charge in [0.25, 0.3) is 0 Å². The minimum absolute atomic E-state index is 0.0278. The van der Waals surface area contributed by atoms with Gasteiger partial charge in [0.05, 0.1) is 11.5 Å². The highest BCUT2D eigenvalue weighted by atomic mass is 16.6. The number of fused-ring (bicyclic) bond motifs is 1. The number of hydrogen-bond donors (Lipinski definition) is 1. The molecule has 0 amide bonds. The van der Waals surface area contributed by atoms with Crippen molar-refractivity contribution in [3.63, 3.8) is 0 Å². The summed E-state index contributed by atoms with van der Waals surface area (Å²) in [6.45, 7) is 9.24. The van der Waals surface area contributed by atoms with Gasteiger partial charge < -0.3 is 19.8 Å². The Morgan fingerprint density at radius 1 is 1.34 bits per heavy atom. The van der Waals surface area contributed by atoms with Crippen molar-refractivity contribution < 1.29 is 14.3 Å². The second kappa shape index (κ2) is 10.4. The van der Waals surface area contributed by atoms with E-state index in [1.807, 2.05) is 0 Å². The number of nitrogens with zero attached hydrogens (tertiary/aromatic N) is 1. The highest BCUT2D eigenvalue weighted by Crippen LogP contribution is 2.36. The average molecular weight is 443 g/mol. The highest BCUT2D eigenvalue weighted by molar-refractivity contribution is 5.84. The van der Waals surface area contributed by atoms with Crippen LogP contribution in [0.5, 0.6) is 0 Å². The van der Waals surface area contributed by atoms with E-state index >= 15 is 0 Å². The van der Waals surface area contributed by atoms with Crippen LogP contribution in [-0.2, 0) is 34.2 Å². The Hall–Kier alpha value is -1.85. The highest BCUT2D eigenvalue weighted by Gasteiger charge is 2.44. The maximum Gasteiger partial charge on any atom is 0.309 e. The number of hydrogen-bond acceptors (Lipinski definition) is 4. The molecule has 3 rings (SSSR count). The molecule has 0 radical (unpaired) electrons. The van der Waals surface area contributed by atoms with Crippen LogP contribution in [0.25, 0.3) is 10.9 Å². The Kier molecular flexibility index (Phi) is 8.05. The Bertz CT molecular complexity index is 915. The number of carbonyl (C=O) groups is 1. The van der Waals surface area contributed by atoms with E-state index in [0.717, 1.165) is 45.1 Å². The normalized spacial score (nSPS) is 21.8. The number of esters is 1. The van der Waals surface area contributed by atoms with Crippen molar-refractivity contribution in [2.24, 2.45) is 30.5 Å². The second-order valence-corrected chi connectivity index (χ2v) is 10.4. The summed E-state index contributed by atoms with van der Waals surface area (Å²) in [7, 11) is 3.87. The molecule has 0 bridgehead atoms. The molecular weight excluding hydrogens is 400 g/mol. The van der Waals surface area contributed by atoms with Crippen molar-refractivity contribution in [1.29, 1.82) is 0 Å². The molecule has 4 unspecified atom stereocenters. The van der Waals surface area contributed by atoms with Crippen LogP contribution in [0.4, 0.5) is 0 Å². The van der Waals surface area contributed by atoms with Crippen molar-refractivity contribution in [3.05, 3.63) is 35.5 Å². The molecule has 1 saturated heterocycles. The summed E-state index contributed by atoms with van der Waals surface area (Å²) in [5, 5.41) is 1.34. The quantitative estimate of drug-likeness (QED) is 0.392. The van der Waals surface area contributed by atoms with Gasteiger partial charge in [0.2, 0.25) is 0 Å². The Morgan fingerprint density at radius 3 is 2.72 bits per heavy atom. The molecule has 5 heteroatoms. The number of aryl methyl sites for hydroxylation is 2. The molecule has 178 valence electrons. The lowest BCUT2D eigenvalue weighted by Crippen LogP contribution is -2.49. The number of rotatable bonds is 11. The van der Waals surface area contributed by atoms with Crippen LogP contribution >= 0.6 is 0 Å². The third kappa shape index (κ3) is 5.55.